The molecule has 0 aliphatic rings. The molecule has 0 bridgehead atoms. The lowest BCUT2D eigenvalue weighted by Crippen LogP contribution is -2.25. The molecule has 0 saturated heterocycles. The third kappa shape index (κ3) is 6.28. The minimum absolute atomic E-state index is 0.126. The number of hydrogen-bond donors (Lipinski definition) is 0. The molecule has 0 aliphatic carbocycles. The van der Waals surface area contributed by atoms with Crippen molar-refractivity contribution in [3.63, 3.8) is 0 Å². The van der Waals surface area contributed by atoms with Crippen LogP contribution < -0.4 is 0 Å². The molecule has 0 rings (SSSR count). The van der Waals surface area contributed by atoms with E-state index in [9.17, 15) is 4.91 Å². The van der Waals surface area contributed by atoms with Gasteiger partial charge in [-0.05, 0) is 41.0 Å². The number of nitrogens with zero attached hydrogens (tertiary/aromatic N) is 1. The van der Waals surface area contributed by atoms with Crippen molar-refractivity contribution in [2.75, 3.05) is 6.61 Å². The minimum atomic E-state index is -0.495. The van der Waals surface area contributed by atoms with Gasteiger partial charge in [0.1, 0.15) is 0 Å². The SMILES string of the molecule is CC(C)(CCOC(C)(C)C)N=O. The molecule has 0 aromatic heterocycles. The van der Waals surface area contributed by atoms with Crippen molar-refractivity contribution >= 4 is 0 Å². The Balaban J connectivity index is 3.64. The molecule has 0 radical (unpaired) electrons. The van der Waals surface area contributed by atoms with Crippen LogP contribution in [-0.4, -0.2) is 17.7 Å². The first-order chi connectivity index (χ1) is 5.27. The zero-order valence-corrected chi connectivity index (χ0v) is 8.68. The van der Waals surface area contributed by atoms with Crippen LogP contribution in [0.4, 0.5) is 0 Å². The highest BCUT2D eigenvalue weighted by atomic mass is 16.5. The monoisotopic (exact) mass is 173 g/mol. The van der Waals surface area contributed by atoms with Crippen molar-refractivity contribution in [1.82, 2.24) is 0 Å². The Kier molecular flexibility index (Phi) is 3.84. The lowest BCUT2D eigenvalue weighted by molar-refractivity contribution is -0.00935. The molecule has 0 N–H and O–H groups in total. The van der Waals surface area contributed by atoms with E-state index in [4.69, 9.17) is 4.74 Å². The van der Waals surface area contributed by atoms with Gasteiger partial charge in [0, 0.05) is 6.61 Å². The van der Waals surface area contributed by atoms with E-state index in [2.05, 4.69) is 5.18 Å². The average Bonchev–Trinajstić information content (AvgIpc) is 1.84. The predicted molar refractivity (Wildman–Crippen MR) is 50.2 cm³/mol. The lowest BCUT2D eigenvalue weighted by Gasteiger charge is -2.22. The fourth-order valence-electron chi connectivity index (χ4n) is 0.653. The summed E-state index contributed by atoms with van der Waals surface area (Å²) >= 11 is 0. The second-order valence-electron chi connectivity index (χ2n) is 4.61. The molecule has 72 valence electrons. The number of hydrogen-bond acceptors (Lipinski definition) is 3. The van der Waals surface area contributed by atoms with Crippen molar-refractivity contribution in [2.24, 2.45) is 5.18 Å². The summed E-state index contributed by atoms with van der Waals surface area (Å²) < 4.78 is 5.47. The van der Waals surface area contributed by atoms with Gasteiger partial charge >= 0.3 is 0 Å². The predicted octanol–water partition coefficient (Wildman–Crippen LogP) is 2.74. The summed E-state index contributed by atoms with van der Waals surface area (Å²) in [5, 5.41) is 3.01. The van der Waals surface area contributed by atoms with Crippen LogP contribution in [0.15, 0.2) is 5.18 Å². The fourth-order valence-corrected chi connectivity index (χ4v) is 0.653. The molecule has 0 spiro atoms. The van der Waals surface area contributed by atoms with Gasteiger partial charge in [0.05, 0.1) is 11.1 Å². The van der Waals surface area contributed by atoms with Crippen LogP contribution in [-0.2, 0) is 4.74 Å². The first-order valence-electron chi connectivity index (χ1n) is 4.25. The summed E-state index contributed by atoms with van der Waals surface area (Å²) in [6, 6.07) is 0. The third-order valence-corrected chi connectivity index (χ3v) is 1.50. The first-order valence-corrected chi connectivity index (χ1v) is 4.25. The average molecular weight is 173 g/mol. The summed E-state index contributed by atoms with van der Waals surface area (Å²) in [6.07, 6.45) is 0.674. The zero-order chi connectivity index (χ0) is 9.83. The highest BCUT2D eigenvalue weighted by Crippen LogP contribution is 2.16. The van der Waals surface area contributed by atoms with E-state index in [1.807, 2.05) is 34.6 Å². The van der Waals surface area contributed by atoms with Crippen LogP contribution in [0.2, 0.25) is 0 Å². The number of ether oxygens (including phenoxy) is 1. The summed E-state index contributed by atoms with van der Waals surface area (Å²) in [7, 11) is 0. The summed E-state index contributed by atoms with van der Waals surface area (Å²) in [5.74, 6) is 0. The Morgan fingerprint density at radius 3 is 2.00 bits per heavy atom. The number of rotatable bonds is 4. The quantitative estimate of drug-likeness (QED) is 0.613. The van der Waals surface area contributed by atoms with Crippen LogP contribution in [0.1, 0.15) is 41.0 Å². The van der Waals surface area contributed by atoms with Gasteiger partial charge < -0.3 is 4.74 Å². The van der Waals surface area contributed by atoms with Gasteiger partial charge in [-0.1, -0.05) is 5.18 Å². The van der Waals surface area contributed by atoms with Crippen molar-refractivity contribution < 1.29 is 4.74 Å². The summed E-state index contributed by atoms with van der Waals surface area (Å²) in [6.45, 7) is 10.2. The molecular weight excluding hydrogens is 154 g/mol. The molecule has 0 aromatic carbocycles. The van der Waals surface area contributed by atoms with Gasteiger partial charge in [-0.3, -0.25) is 0 Å². The Labute approximate surface area is 74.5 Å². The number of nitroso groups, excluding NO2 is 1. The smallest absolute Gasteiger partial charge is 0.0992 e. The van der Waals surface area contributed by atoms with Gasteiger partial charge in [-0.25, -0.2) is 0 Å². The molecule has 12 heavy (non-hydrogen) atoms. The fraction of sp³-hybridized carbons (Fsp3) is 1.00. The molecule has 0 saturated carbocycles. The van der Waals surface area contributed by atoms with Crippen LogP contribution in [0.3, 0.4) is 0 Å². The second-order valence-corrected chi connectivity index (χ2v) is 4.61. The van der Waals surface area contributed by atoms with Crippen molar-refractivity contribution in [3.8, 4) is 0 Å². The van der Waals surface area contributed by atoms with Crippen LogP contribution in [0.5, 0.6) is 0 Å². The molecular formula is C9H19NO2. The van der Waals surface area contributed by atoms with Crippen molar-refractivity contribution in [3.05, 3.63) is 4.91 Å². The van der Waals surface area contributed by atoms with E-state index in [0.717, 1.165) is 0 Å². The van der Waals surface area contributed by atoms with Gasteiger partial charge in [-0.15, -0.1) is 0 Å². The molecule has 0 atom stereocenters. The highest BCUT2D eigenvalue weighted by molar-refractivity contribution is 4.76. The maximum atomic E-state index is 10.3. The van der Waals surface area contributed by atoms with Crippen LogP contribution >= 0.6 is 0 Å². The standard InChI is InChI=1S/C9H19NO2/c1-8(2,3)12-7-6-9(4,5)10-11/h6-7H2,1-5H3. The topological polar surface area (TPSA) is 38.7 Å². The lowest BCUT2D eigenvalue weighted by atomic mass is 10.0. The van der Waals surface area contributed by atoms with Gasteiger partial charge in [0.15, 0.2) is 0 Å². The molecule has 3 heteroatoms. The summed E-state index contributed by atoms with van der Waals surface area (Å²) in [5.41, 5.74) is -0.621. The normalized spacial score (nSPS) is 13.1. The van der Waals surface area contributed by atoms with E-state index in [1.54, 1.807) is 0 Å². The van der Waals surface area contributed by atoms with E-state index >= 15 is 0 Å². The van der Waals surface area contributed by atoms with E-state index in [1.165, 1.54) is 0 Å². The Morgan fingerprint density at radius 2 is 1.67 bits per heavy atom. The highest BCUT2D eigenvalue weighted by Gasteiger charge is 2.19. The molecule has 0 heterocycles. The van der Waals surface area contributed by atoms with Gasteiger partial charge in [0.2, 0.25) is 0 Å². The maximum Gasteiger partial charge on any atom is 0.0992 e. The van der Waals surface area contributed by atoms with Crippen LogP contribution in [0, 0.1) is 4.91 Å². The van der Waals surface area contributed by atoms with E-state index in [0.29, 0.717) is 13.0 Å². The Hall–Kier alpha value is -0.440. The van der Waals surface area contributed by atoms with Crippen molar-refractivity contribution in [2.45, 2.75) is 52.2 Å². The van der Waals surface area contributed by atoms with Gasteiger partial charge in [0.25, 0.3) is 0 Å². The second kappa shape index (κ2) is 3.99. The molecule has 0 aliphatic heterocycles. The Bertz CT molecular complexity index is 147. The first kappa shape index (κ1) is 11.6. The zero-order valence-electron chi connectivity index (χ0n) is 8.68. The minimum Gasteiger partial charge on any atom is -0.376 e. The maximum absolute atomic E-state index is 10.3. The van der Waals surface area contributed by atoms with Crippen LogP contribution in [0.25, 0.3) is 0 Å². The van der Waals surface area contributed by atoms with E-state index in [-0.39, 0.29) is 5.60 Å². The molecule has 0 aromatic rings. The third-order valence-electron chi connectivity index (χ3n) is 1.50. The summed E-state index contributed by atoms with van der Waals surface area (Å²) in [4.78, 5) is 10.3. The van der Waals surface area contributed by atoms with Crippen molar-refractivity contribution in [1.29, 1.82) is 0 Å². The van der Waals surface area contributed by atoms with E-state index < -0.39 is 5.54 Å². The molecule has 3 nitrogen and oxygen atoms in total. The molecule has 0 unspecified atom stereocenters. The largest absolute Gasteiger partial charge is 0.376 e. The Morgan fingerprint density at radius 1 is 1.17 bits per heavy atom. The van der Waals surface area contributed by atoms with Gasteiger partial charge in [-0.2, -0.15) is 4.91 Å². The molecule has 0 amide bonds. The molecule has 0 fully saturated rings.